The standard InChI is InChI=1S/C12H12N4O/c1-9-4-2-3-5-10(9)6-7-11(17)15-12-13-8-14-16-12/h2-8H,1H3,(H2,13,14,15,16,17). The predicted molar refractivity (Wildman–Crippen MR) is 65.2 cm³/mol. The Labute approximate surface area is 98.6 Å². The first-order chi connectivity index (χ1) is 8.25. The molecule has 1 amide bonds. The number of carbonyl (C=O) groups excluding carboxylic acids is 1. The van der Waals surface area contributed by atoms with E-state index in [4.69, 9.17) is 0 Å². The van der Waals surface area contributed by atoms with E-state index in [1.165, 1.54) is 12.4 Å². The molecule has 5 heteroatoms. The van der Waals surface area contributed by atoms with Gasteiger partial charge in [0.05, 0.1) is 0 Å². The zero-order chi connectivity index (χ0) is 12.1. The molecule has 0 aliphatic heterocycles. The van der Waals surface area contributed by atoms with E-state index in [0.717, 1.165) is 11.1 Å². The van der Waals surface area contributed by atoms with Gasteiger partial charge < -0.3 is 0 Å². The third kappa shape index (κ3) is 3.01. The fourth-order valence-corrected chi connectivity index (χ4v) is 1.36. The molecule has 1 aromatic heterocycles. The second-order valence-corrected chi connectivity index (χ2v) is 3.51. The van der Waals surface area contributed by atoms with Crippen molar-refractivity contribution >= 4 is 17.9 Å². The Morgan fingerprint density at radius 3 is 2.94 bits per heavy atom. The Morgan fingerprint density at radius 2 is 2.24 bits per heavy atom. The van der Waals surface area contributed by atoms with Crippen LogP contribution in [0.5, 0.6) is 0 Å². The van der Waals surface area contributed by atoms with Crippen molar-refractivity contribution in [1.29, 1.82) is 0 Å². The molecule has 0 fully saturated rings. The largest absolute Gasteiger partial charge is 0.291 e. The fourth-order valence-electron chi connectivity index (χ4n) is 1.36. The van der Waals surface area contributed by atoms with Gasteiger partial charge >= 0.3 is 0 Å². The number of H-pyrrole nitrogens is 1. The first-order valence-electron chi connectivity index (χ1n) is 5.16. The predicted octanol–water partition coefficient (Wildman–Crippen LogP) is 1.77. The number of carbonyl (C=O) groups is 1. The number of aromatic amines is 1. The third-order valence-electron chi connectivity index (χ3n) is 2.26. The highest BCUT2D eigenvalue weighted by Crippen LogP contribution is 2.08. The maximum Gasteiger partial charge on any atom is 0.250 e. The highest BCUT2D eigenvalue weighted by molar-refractivity contribution is 6.00. The van der Waals surface area contributed by atoms with Crippen molar-refractivity contribution in [2.24, 2.45) is 0 Å². The van der Waals surface area contributed by atoms with Crippen LogP contribution in [0.1, 0.15) is 11.1 Å². The van der Waals surface area contributed by atoms with E-state index in [1.54, 1.807) is 6.08 Å². The summed E-state index contributed by atoms with van der Waals surface area (Å²) in [6.45, 7) is 1.99. The molecule has 2 rings (SSSR count). The van der Waals surface area contributed by atoms with Crippen molar-refractivity contribution in [1.82, 2.24) is 15.2 Å². The van der Waals surface area contributed by atoms with E-state index in [-0.39, 0.29) is 5.91 Å². The van der Waals surface area contributed by atoms with Gasteiger partial charge in [-0.15, -0.1) is 0 Å². The molecule has 0 aliphatic rings. The SMILES string of the molecule is Cc1ccccc1C=CC(=O)Nc1ncn[nH]1. The molecule has 17 heavy (non-hydrogen) atoms. The van der Waals surface area contributed by atoms with Crippen LogP contribution in [0, 0.1) is 6.92 Å². The molecule has 5 nitrogen and oxygen atoms in total. The van der Waals surface area contributed by atoms with Crippen LogP contribution in [-0.4, -0.2) is 21.1 Å². The molecule has 2 aromatic rings. The minimum atomic E-state index is -0.245. The summed E-state index contributed by atoms with van der Waals surface area (Å²) in [5.41, 5.74) is 2.14. The van der Waals surface area contributed by atoms with E-state index in [1.807, 2.05) is 31.2 Å². The molecule has 0 bridgehead atoms. The number of nitrogens with zero attached hydrogens (tertiary/aromatic N) is 2. The summed E-state index contributed by atoms with van der Waals surface area (Å²) in [5, 5.41) is 8.74. The van der Waals surface area contributed by atoms with E-state index in [9.17, 15) is 4.79 Å². The minimum Gasteiger partial charge on any atom is -0.291 e. The molecular weight excluding hydrogens is 216 g/mol. The maximum absolute atomic E-state index is 11.5. The van der Waals surface area contributed by atoms with Gasteiger partial charge in [0, 0.05) is 6.08 Å². The Morgan fingerprint density at radius 1 is 1.41 bits per heavy atom. The van der Waals surface area contributed by atoms with Crippen LogP contribution in [0.15, 0.2) is 36.7 Å². The van der Waals surface area contributed by atoms with Crippen molar-refractivity contribution in [2.45, 2.75) is 6.92 Å². The Balaban J connectivity index is 2.01. The number of benzene rings is 1. The maximum atomic E-state index is 11.5. The Hall–Kier alpha value is -2.43. The first-order valence-corrected chi connectivity index (χ1v) is 5.16. The number of aromatic nitrogens is 3. The van der Waals surface area contributed by atoms with Gasteiger partial charge in [-0.05, 0) is 24.1 Å². The summed E-state index contributed by atoms with van der Waals surface area (Å²) in [4.78, 5) is 15.3. The average Bonchev–Trinajstić information content (AvgIpc) is 2.81. The molecular formula is C12H12N4O. The lowest BCUT2D eigenvalue weighted by Crippen LogP contribution is -2.09. The first kappa shape index (κ1) is 11.1. The van der Waals surface area contributed by atoms with Crippen molar-refractivity contribution in [2.75, 3.05) is 5.32 Å². The molecule has 86 valence electrons. The van der Waals surface area contributed by atoms with Crippen molar-refractivity contribution in [3.63, 3.8) is 0 Å². The summed E-state index contributed by atoms with van der Waals surface area (Å²) in [6, 6.07) is 7.84. The summed E-state index contributed by atoms with van der Waals surface area (Å²) in [5.74, 6) is 0.0921. The lowest BCUT2D eigenvalue weighted by molar-refractivity contribution is -0.111. The highest BCUT2D eigenvalue weighted by atomic mass is 16.1. The summed E-state index contributed by atoms with van der Waals surface area (Å²) < 4.78 is 0. The van der Waals surface area contributed by atoms with E-state index < -0.39 is 0 Å². The quantitative estimate of drug-likeness (QED) is 0.786. The molecule has 0 unspecified atom stereocenters. The Kier molecular flexibility index (Phi) is 3.30. The molecule has 1 aromatic carbocycles. The van der Waals surface area contributed by atoms with Gasteiger partial charge in [-0.2, -0.15) is 10.1 Å². The number of rotatable bonds is 3. The van der Waals surface area contributed by atoms with Crippen LogP contribution in [0.25, 0.3) is 6.08 Å². The number of aryl methyl sites for hydroxylation is 1. The molecule has 1 heterocycles. The summed E-state index contributed by atoms with van der Waals surface area (Å²) in [6.07, 6.45) is 4.56. The zero-order valence-electron chi connectivity index (χ0n) is 9.34. The number of anilines is 1. The van der Waals surface area contributed by atoms with Gasteiger partial charge in [0.2, 0.25) is 5.95 Å². The third-order valence-corrected chi connectivity index (χ3v) is 2.26. The summed E-state index contributed by atoms with van der Waals surface area (Å²) >= 11 is 0. The number of amides is 1. The van der Waals surface area contributed by atoms with E-state index in [0.29, 0.717) is 5.95 Å². The van der Waals surface area contributed by atoms with Gasteiger partial charge in [-0.3, -0.25) is 10.1 Å². The van der Waals surface area contributed by atoms with Gasteiger partial charge in [-0.1, -0.05) is 24.3 Å². The van der Waals surface area contributed by atoms with Gasteiger partial charge in [0.15, 0.2) is 0 Å². The lowest BCUT2D eigenvalue weighted by Gasteiger charge is -1.98. The normalized spacial score (nSPS) is 10.6. The fraction of sp³-hybridized carbons (Fsp3) is 0.0833. The van der Waals surface area contributed by atoms with Gasteiger partial charge in [-0.25, -0.2) is 5.10 Å². The zero-order valence-corrected chi connectivity index (χ0v) is 9.34. The lowest BCUT2D eigenvalue weighted by atomic mass is 10.1. The molecule has 2 N–H and O–H groups in total. The second kappa shape index (κ2) is 5.07. The van der Waals surface area contributed by atoms with Crippen LogP contribution < -0.4 is 5.32 Å². The molecule has 0 spiro atoms. The topological polar surface area (TPSA) is 70.7 Å². The van der Waals surface area contributed by atoms with Crippen LogP contribution >= 0.6 is 0 Å². The number of hydrogen-bond acceptors (Lipinski definition) is 3. The highest BCUT2D eigenvalue weighted by Gasteiger charge is 1.99. The van der Waals surface area contributed by atoms with Crippen molar-refractivity contribution in [3.8, 4) is 0 Å². The van der Waals surface area contributed by atoms with Crippen LogP contribution in [0.3, 0.4) is 0 Å². The molecule has 0 radical (unpaired) electrons. The number of hydrogen-bond donors (Lipinski definition) is 2. The van der Waals surface area contributed by atoms with Crippen LogP contribution in [-0.2, 0) is 4.79 Å². The second-order valence-electron chi connectivity index (χ2n) is 3.51. The molecule has 0 saturated heterocycles. The van der Waals surface area contributed by atoms with E-state index >= 15 is 0 Å². The average molecular weight is 228 g/mol. The monoisotopic (exact) mass is 228 g/mol. The van der Waals surface area contributed by atoms with E-state index in [2.05, 4.69) is 20.5 Å². The molecule has 0 saturated carbocycles. The van der Waals surface area contributed by atoms with Crippen LogP contribution in [0.4, 0.5) is 5.95 Å². The van der Waals surface area contributed by atoms with Gasteiger partial charge in [0.25, 0.3) is 5.91 Å². The minimum absolute atomic E-state index is 0.245. The van der Waals surface area contributed by atoms with Crippen LogP contribution in [0.2, 0.25) is 0 Å². The summed E-state index contributed by atoms with van der Waals surface area (Å²) in [7, 11) is 0. The van der Waals surface area contributed by atoms with Gasteiger partial charge in [0.1, 0.15) is 6.33 Å². The molecule has 0 aliphatic carbocycles. The smallest absolute Gasteiger partial charge is 0.250 e. The van der Waals surface area contributed by atoms with Crippen molar-refractivity contribution < 1.29 is 4.79 Å². The molecule has 0 atom stereocenters. The number of nitrogens with one attached hydrogen (secondary N) is 2. The van der Waals surface area contributed by atoms with Crippen molar-refractivity contribution in [3.05, 3.63) is 47.8 Å². The Bertz CT molecular complexity index is 531.